The fourth-order valence-corrected chi connectivity index (χ4v) is 2.22. The molecule has 0 aliphatic heterocycles. The summed E-state index contributed by atoms with van der Waals surface area (Å²) in [6.07, 6.45) is 4.35. The van der Waals surface area contributed by atoms with Gasteiger partial charge in [0, 0.05) is 6.42 Å². The molecule has 0 N–H and O–H groups in total. The van der Waals surface area contributed by atoms with Crippen molar-refractivity contribution in [1.82, 2.24) is 0 Å². The summed E-state index contributed by atoms with van der Waals surface area (Å²) < 4.78 is 37.2. The molecule has 0 nitrogen and oxygen atoms in total. The lowest BCUT2D eigenvalue weighted by Gasteiger charge is -2.18. The lowest BCUT2D eigenvalue weighted by atomic mass is 9.92. The Balaban J connectivity index is 3.84. The second-order valence-corrected chi connectivity index (χ2v) is 5.03. The van der Waals surface area contributed by atoms with Gasteiger partial charge in [-0.2, -0.15) is 13.2 Å². The number of halogens is 3. The van der Waals surface area contributed by atoms with E-state index in [0.29, 0.717) is 0 Å². The predicted octanol–water partition coefficient (Wildman–Crippen LogP) is 6.11. The predicted molar refractivity (Wildman–Crippen MR) is 67.1 cm³/mol. The van der Waals surface area contributed by atoms with Crippen LogP contribution in [0.3, 0.4) is 0 Å². The summed E-state index contributed by atoms with van der Waals surface area (Å²) in [5, 5.41) is 0. The normalized spacial score (nSPS) is 13.9. The monoisotopic (exact) mass is 252 g/mol. The van der Waals surface area contributed by atoms with E-state index in [2.05, 4.69) is 13.8 Å². The van der Waals surface area contributed by atoms with Crippen molar-refractivity contribution in [2.45, 2.75) is 84.2 Å². The number of rotatable bonds is 10. The summed E-state index contributed by atoms with van der Waals surface area (Å²) >= 11 is 0. The number of alkyl halides is 3. The van der Waals surface area contributed by atoms with Crippen LogP contribution in [0.5, 0.6) is 0 Å². The van der Waals surface area contributed by atoms with Crippen molar-refractivity contribution in [2.24, 2.45) is 5.92 Å². The Labute approximate surface area is 104 Å². The van der Waals surface area contributed by atoms with E-state index in [0.717, 1.165) is 57.8 Å². The molecule has 0 saturated carbocycles. The highest BCUT2D eigenvalue weighted by atomic mass is 19.4. The van der Waals surface area contributed by atoms with Crippen molar-refractivity contribution in [3.8, 4) is 0 Å². The first-order chi connectivity index (χ1) is 7.99. The first kappa shape index (κ1) is 16.8. The molecule has 0 aliphatic rings. The number of hydrogen-bond acceptors (Lipinski definition) is 0. The van der Waals surface area contributed by atoms with E-state index < -0.39 is 12.6 Å². The highest BCUT2D eigenvalue weighted by Crippen LogP contribution is 2.31. The van der Waals surface area contributed by atoms with Gasteiger partial charge >= 0.3 is 6.18 Å². The Bertz CT molecular complexity index is 163. The molecule has 0 fully saturated rings. The molecule has 0 aromatic heterocycles. The Morgan fingerprint density at radius 3 is 1.71 bits per heavy atom. The number of unbranched alkanes of at least 4 members (excludes halogenated alkanes) is 5. The zero-order chi connectivity index (χ0) is 13.1. The molecule has 0 aromatic carbocycles. The SMILES string of the molecule is CCCCCCC(CCCCC)CC(F)(F)F. The highest BCUT2D eigenvalue weighted by molar-refractivity contribution is 4.65. The van der Waals surface area contributed by atoms with Gasteiger partial charge in [-0.3, -0.25) is 0 Å². The second-order valence-electron chi connectivity index (χ2n) is 5.03. The molecule has 1 unspecified atom stereocenters. The van der Waals surface area contributed by atoms with Crippen LogP contribution in [0, 0.1) is 5.92 Å². The zero-order valence-corrected chi connectivity index (χ0v) is 11.3. The third-order valence-corrected chi connectivity index (χ3v) is 3.20. The van der Waals surface area contributed by atoms with Crippen molar-refractivity contribution in [2.75, 3.05) is 0 Å². The van der Waals surface area contributed by atoms with Gasteiger partial charge in [-0.05, 0) is 5.92 Å². The van der Waals surface area contributed by atoms with E-state index in [-0.39, 0.29) is 5.92 Å². The average Bonchev–Trinajstić information content (AvgIpc) is 2.22. The minimum absolute atomic E-state index is 0.140. The van der Waals surface area contributed by atoms with E-state index >= 15 is 0 Å². The van der Waals surface area contributed by atoms with Gasteiger partial charge in [0.2, 0.25) is 0 Å². The summed E-state index contributed by atoms with van der Waals surface area (Å²) in [7, 11) is 0. The highest BCUT2D eigenvalue weighted by Gasteiger charge is 2.31. The van der Waals surface area contributed by atoms with Gasteiger partial charge in [0.1, 0.15) is 0 Å². The Morgan fingerprint density at radius 2 is 1.24 bits per heavy atom. The van der Waals surface area contributed by atoms with Crippen LogP contribution in [0.1, 0.15) is 78.1 Å². The maximum Gasteiger partial charge on any atom is 0.389 e. The van der Waals surface area contributed by atoms with Crippen LogP contribution in [-0.4, -0.2) is 6.18 Å². The molecule has 17 heavy (non-hydrogen) atoms. The second kappa shape index (κ2) is 9.78. The van der Waals surface area contributed by atoms with Crippen molar-refractivity contribution < 1.29 is 13.2 Å². The van der Waals surface area contributed by atoms with Crippen LogP contribution in [0.4, 0.5) is 13.2 Å². The quantitative estimate of drug-likeness (QED) is 0.412. The van der Waals surface area contributed by atoms with Crippen molar-refractivity contribution in [3.05, 3.63) is 0 Å². The molecular weight excluding hydrogens is 225 g/mol. The van der Waals surface area contributed by atoms with Gasteiger partial charge in [-0.25, -0.2) is 0 Å². The van der Waals surface area contributed by atoms with Crippen LogP contribution in [-0.2, 0) is 0 Å². The van der Waals surface area contributed by atoms with Gasteiger partial charge in [-0.1, -0.05) is 71.6 Å². The van der Waals surface area contributed by atoms with Gasteiger partial charge in [0.05, 0.1) is 0 Å². The zero-order valence-electron chi connectivity index (χ0n) is 11.3. The summed E-state index contributed by atoms with van der Waals surface area (Å²) in [5.74, 6) is -0.140. The third-order valence-electron chi connectivity index (χ3n) is 3.20. The maximum absolute atomic E-state index is 12.4. The standard InChI is InChI=1S/C14H27F3/c1-3-5-7-9-11-13(10-8-6-4-2)12-14(15,16)17/h13H,3-12H2,1-2H3. The summed E-state index contributed by atoms with van der Waals surface area (Å²) in [4.78, 5) is 0. The molecule has 104 valence electrons. The van der Waals surface area contributed by atoms with Gasteiger partial charge in [-0.15, -0.1) is 0 Å². The number of hydrogen-bond donors (Lipinski definition) is 0. The third kappa shape index (κ3) is 12.0. The molecule has 0 amide bonds. The van der Waals surface area contributed by atoms with Crippen LogP contribution in [0.15, 0.2) is 0 Å². The van der Waals surface area contributed by atoms with Crippen molar-refractivity contribution >= 4 is 0 Å². The summed E-state index contributed by atoms with van der Waals surface area (Å²) in [6.45, 7) is 4.20. The molecule has 0 spiro atoms. The van der Waals surface area contributed by atoms with Gasteiger partial charge in [0.25, 0.3) is 0 Å². The molecule has 0 heterocycles. The van der Waals surface area contributed by atoms with Crippen LogP contribution in [0.2, 0.25) is 0 Å². The molecular formula is C14H27F3. The van der Waals surface area contributed by atoms with Crippen molar-refractivity contribution in [1.29, 1.82) is 0 Å². The fourth-order valence-electron chi connectivity index (χ4n) is 2.22. The minimum Gasteiger partial charge on any atom is -0.171 e. The van der Waals surface area contributed by atoms with E-state index in [1.807, 2.05) is 0 Å². The van der Waals surface area contributed by atoms with Crippen LogP contribution in [0.25, 0.3) is 0 Å². The molecule has 0 aliphatic carbocycles. The van der Waals surface area contributed by atoms with E-state index in [9.17, 15) is 13.2 Å². The molecule has 0 bridgehead atoms. The fraction of sp³-hybridized carbons (Fsp3) is 1.00. The van der Waals surface area contributed by atoms with E-state index in [4.69, 9.17) is 0 Å². The minimum atomic E-state index is -3.98. The molecule has 0 rings (SSSR count). The molecule has 0 radical (unpaired) electrons. The van der Waals surface area contributed by atoms with Crippen molar-refractivity contribution in [3.63, 3.8) is 0 Å². The molecule has 1 atom stereocenters. The van der Waals surface area contributed by atoms with Crippen LogP contribution >= 0.6 is 0 Å². The van der Waals surface area contributed by atoms with Crippen LogP contribution < -0.4 is 0 Å². The molecule has 0 aromatic rings. The summed E-state index contributed by atoms with van der Waals surface area (Å²) in [6, 6.07) is 0. The lowest BCUT2D eigenvalue weighted by molar-refractivity contribution is -0.145. The average molecular weight is 252 g/mol. The Hall–Kier alpha value is -0.210. The first-order valence-electron chi connectivity index (χ1n) is 7.06. The Morgan fingerprint density at radius 1 is 0.765 bits per heavy atom. The van der Waals surface area contributed by atoms with Gasteiger partial charge < -0.3 is 0 Å². The molecule has 0 saturated heterocycles. The lowest BCUT2D eigenvalue weighted by Crippen LogP contribution is -2.15. The Kier molecular flexibility index (Phi) is 9.66. The largest absolute Gasteiger partial charge is 0.389 e. The van der Waals surface area contributed by atoms with E-state index in [1.165, 1.54) is 0 Å². The van der Waals surface area contributed by atoms with E-state index in [1.54, 1.807) is 0 Å². The molecule has 3 heteroatoms. The smallest absolute Gasteiger partial charge is 0.171 e. The first-order valence-corrected chi connectivity index (χ1v) is 7.06. The maximum atomic E-state index is 12.4. The topological polar surface area (TPSA) is 0 Å². The van der Waals surface area contributed by atoms with Gasteiger partial charge in [0.15, 0.2) is 0 Å². The summed E-state index contributed by atoms with van der Waals surface area (Å²) in [5.41, 5.74) is 0.